The van der Waals surface area contributed by atoms with E-state index in [1.807, 2.05) is 4.90 Å². The SMILES string of the molecule is CCCC1CC(=O)N(Cc2cncn2CC(=O)OCC)C1. The van der Waals surface area contributed by atoms with Gasteiger partial charge in [-0.15, -0.1) is 0 Å². The summed E-state index contributed by atoms with van der Waals surface area (Å²) in [5.41, 5.74) is 0.869. The lowest BCUT2D eigenvalue weighted by atomic mass is 10.0. The average molecular weight is 293 g/mol. The molecule has 1 aliphatic heterocycles. The number of esters is 1. The van der Waals surface area contributed by atoms with E-state index in [2.05, 4.69) is 11.9 Å². The molecular weight excluding hydrogens is 270 g/mol. The molecule has 21 heavy (non-hydrogen) atoms. The number of aromatic nitrogens is 2. The first-order valence-electron chi connectivity index (χ1n) is 7.56. The Balaban J connectivity index is 1.96. The maximum absolute atomic E-state index is 12.0. The third kappa shape index (κ3) is 4.06. The fourth-order valence-electron chi connectivity index (χ4n) is 2.77. The molecule has 1 atom stereocenters. The molecule has 2 rings (SSSR count). The van der Waals surface area contributed by atoms with Gasteiger partial charge in [0.25, 0.3) is 0 Å². The van der Waals surface area contributed by atoms with E-state index in [1.54, 1.807) is 24.0 Å². The second-order valence-electron chi connectivity index (χ2n) is 5.45. The number of ether oxygens (including phenoxy) is 1. The molecule has 0 saturated carbocycles. The van der Waals surface area contributed by atoms with Gasteiger partial charge in [0.05, 0.1) is 25.2 Å². The first-order valence-corrected chi connectivity index (χ1v) is 7.56. The number of likely N-dealkylation sites (tertiary alicyclic amines) is 1. The van der Waals surface area contributed by atoms with Gasteiger partial charge in [-0.2, -0.15) is 0 Å². The maximum atomic E-state index is 12.0. The number of hydrogen-bond donors (Lipinski definition) is 0. The zero-order valence-electron chi connectivity index (χ0n) is 12.7. The van der Waals surface area contributed by atoms with Crippen LogP contribution in [-0.4, -0.2) is 39.5 Å². The van der Waals surface area contributed by atoms with Crippen LogP contribution in [0.15, 0.2) is 12.5 Å². The Morgan fingerprint density at radius 3 is 3.00 bits per heavy atom. The Kier molecular flexibility index (Phi) is 5.36. The number of rotatable bonds is 7. The number of hydrogen-bond acceptors (Lipinski definition) is 4. The molecule has 1 fully saturated rings. The summed E-state index contributed by atoms with van der Waals surface area (Å²) < 4.78 is 6.69. The molecule has 0 N–H and O–H groups in total. The van der Waals surface area contributed by atoms with Crippen molar-refractivity contribution in [3.05, 3.63) is 18.2 Å². The van der Waals surface area contributed by atoms with Crippen molar-refractivity contribution in [3.63, 3.8) is 0 Å². The van der Waals surface area contributed by atoms with Gasteiger partial charge in [-0.05, 0) is 19.3 Å². The zero-order chi connectivity index (χ0) is 15.2. The van der Waals surface area contributed by atoms with Crippen molar-refractivity contribution in [2.45, 2.75) is 46.2 Å². The van der Waals surface area contributed by atoms with Crippen LogP contribution < -0.4 is 0 Å². The zero-order valence-corrected chi connectivity index (χ0v) is 12.7. The average Bonchev–Trinajstić information content (AvgIpc) is 2.99. The van der Waals surface area contributed by atoms with Gasteiger partial charge in [-0.1, -0.05) is 13.3 Å². The molecule has 1 saturated heterocycles. The van der Waals surface area contributed by atoms with Crippen LogP contribution in [0.3, 0.4) is 0 Å². The van der Waals surface area contributed by atoms with Crippen LogP contribution in [0, 0.1) is 5.92 Å². The van der Waals surface area contributed by atoms with Gasteiger partial charge in [0, 0.05) is 19.2 Å². The van der Waals surface area contributed by atoms with Gasteiger partial charge in [0.2, 0.25) is 5.91 Å². The monoisotopic (exact) mass is 293 g/mol. The molecule has 0 aliphatic carbocycles. The predicted octanol–water partition coefficient (Wildman–Crippen LogP) is 1.59. The standard InChI is InChI=1S/C15H23N3O3/c1-3-5-12-6-14(19)17(8-12)9-13-7-16-11-18(13)10-15(20)21-4-2/h7,11-12H,3-6,8-10H2,1-2H3. The van der Waals surface area contributed by atoms with Crippen LogP contribution in [0.4, 0.5) is 0 Å². The lowest BCUT2D eigenvalue weighted by Gasteiger charge is -2.17. The number of carbonyl (C=O) groups excluding carboxylic acids is 2. The fraction of sp³-hybridized carbons (Fsp3) is 0.667. The Hall–Kier alpha value is -1.85. The third-order valence-electron chi connectivity index (χ3n) is 3.75. The molecule has 0 bridgehead atoms. The van der Waals surface area contributed by atoms with Crippen LogP contribution in [-0.2, 0) is 27.4 Å². The van der Waals surface area contributed by atoms with E-state index in [4.69, 9.17) is 4.74 Å². The molecule has 1 aromatic heterocycles. The molecule has 1 unspecified atom stereocenters. The Bertz CT molecular complexity index is 498. The molecule has 6 nitrogen and oxygen atoms in total. The summed E-state index contributed by atoms with van der Waals surface area (Å²) in [7, 11) is 0. The summed E-state index contributed by atoms with van der Waals surface area (Å²) >= 11 is 0. The molecule has 1 aromatic rings. The van der Waals surface area contributed by atoms with E-state index in [0.29, 0.717) is 25.5 Å². The molecule has 6 heteroatoms. The summed E-state index contributed by atoms with van der Waals surface area (Å²) in [6, 6.07) is 0. The Morgan fingerprint density at radius 2 is 2.29 bits per heavy atom. The first-order chi connectivity index (χ1) is 10.1. The van der Waals surface area contributed by atoms with Crippen LogP contribution in [0.2, 0.25) is 0 Å². The minimum atomic E-state index is -0.284. The summed E-state index contributed by atoms with van der Waals surface area (Å²) in [6.45, 7) is 5.75. The normalized spacial score (nSPS) is 18.3. The summed E-state index contributed by atoms with van der Waals surface area (Å²) in [6.07, 6.45) is 6.15. The molecule has 0 radical (unpaired) electrons. The Labute approximate surface area is 125 Å². The molecule has 2 heterocycles. The number of nitrogens with zero attached hydrogens (tertiary/aromatic N) is 3. The summed E-state index contributed by atoms with van der Waals surface area (Å²) in [5, 5.41) is 0. The smallest absolute Gasteiger partial charge is 0.325 e. The highest BCUT2D eigenvalue weighted by molar-refractivity contribution is 5.78. The van der Waals surface area contributed by atoms with Crippen LogP contribution in [0.25, 0.3) is 0 Å². The van der Waals surface area contributed by atoms with Crippen molar-refractivity contribution in [3.8, 4) is 0 Å². The van der Waals surface area contributed by atoms with Crippen molar-refractivity contribution in [1.82, 2.24) is 14.5 Å². The first kappa shape index (κ1) is 15.5. The Morgan fingerprint density at radius 1 is 1.48 bits per heavy atom. The van der Waals surface area contributed by atoms with Gasteiger partial charge in [0.15, 0.2) is 0 Å². The lowest BCUT2D eigenvalue weighted by Crippen LogP contribution is -2.26. The molecule has 1 aliphatic rings. The minimum Gasteiger partial charge on any atom is -0.465 e. The minimum absolute atomic E-state index is 0.142. The second kappa shape index (κ2) is 7.24. The number of amides is 1. The summed E-state index contributed by atoms with van der Waals surface area (Å²) in [4.78, 5) is 29.5. The lowest BCUT2D eigenvalue weighted by molar-refractivity contribution is -0.143. The van der Waals surface area contributed by atoms with Crippen molar-refractivity contribution in [1.29, 1.82) is 0 Å². The highest BCUT2D eigenvalue weighted by Gasteiger charge is 2.29. The highest BCUT2D eigenvalue weighted by Crippen LogP contribution is 2.23. The quantitative estimate of drug-likeness (QED) is 0.716. The van der Waals surface area contributed by atoms with E-state index in [-0.39, 0.29) is 18.4 Å². The van der Waals surface area contributed by atoms with Crippen LogP contribution in [0.5, 0.6) is 0 Å². The fourth-order valence-corrected chi connectivity index (χ4v) is 2.77. The van der Waals surface area contributed by atoms with Gasteiger partial charge >= 0.3 is 5.97 Å². The van der Waals surface area contributed by atoms with E-state index in [0.717, 1.165) is 25.1 Å². The predicted molar refractivity (Wildman–Crippen MR) is 77.3 cm³/mol. The molecule has 1 amide bonds. The van der Waals surface area contributed by atoms with Crippen molar-refractivity contribution in [2.75, 3.05) is 13.2 Å². The van der Waals surface area contributed by atoms with Gasteiger partial charge < -0.3 is 14.2 Å². The van der Waals surface area contributed by atoms with Gasteiger partial charge in [0.1, 0.15) is 6.54 Å². The molecule has 0 aromatic carbocycles. The largest absolute Gasteiger partial charge is 0.465 e. The van der Waals surface area contributed by atoms with Crippen molar-refractivity contribution in [2.24, 2.45) is 5.92 Å². The van der Waals surface area contributed by atoms with Crippen LogP contribution >= 0.6 is 0 Å². The third-order valence-corrected chi connectivity index (χ3v) is 3.75. The number of imidazole rings is 1. The van der Waals surface area contributed by atoms with Gasteiger partial charge in [-0.25, -0.2) is 4.98 Å². The van der Waals surface area contributed by atoms with Crippen molar-refractivity contribution >= 4 is 11.9 Å². The molecule has 116 valence electrons. The maximum Gasteiger partial charge on any atom is 0.325 e. The molecule has 0 spiro atoms. The van der Waals surface area contributed by atoms with E-state index >= 15 is 0 Å². The van der Waals surface area contributed by atoms with E-state index in [1.165, 1.54) is 0 Å². The second-order valence-corrected chi connectivity index (χ2v) is 5.45. The van der Waals surface area contributed by atoms with Gasteiger partial charge in [-0.3, -0.25) is 9.59 Å². The van der Waals surface area contributed by atoms with Crippen molar-refractivity contribution < 1.29 is 14.3 Å². The van der Waals surface area contributed by atoms with E-state index in [9.17, 15) is 9.59 Å². The topological polar surface area (TPSA) is 64.4 Å². The summed E-state index contributed by atoms with van der Waals surface area (Å²) in [5.74, 6) is 0.370. The van der Waals surface area contributed by atoms with E-state index < -0.39 is 0 Å². The highest BCUT2D eigenvalue weighted by atomic mass is 16.5. The number of carbonyl (C=O) groups is 2. The molecular formula is C15H23N3O3. The van der Waals surface area contributed by atoms with Crippen LogP contribution in [0.1, 0.15) is 38.8 Å².